The van der Waals surface area contributed by atoms with Gasteiger partial charge in [0.1, 0.15) is 0 Å². The van der Waals surface area contributed by atoms with Crippen molar-refractivity contribution < 1.29 is 18.4 Å². The fourth-order valence-electron chi connectivity index (χ4n) is 2.11. The zero-order valence-electron chi connectivity index (χ0n) is 8.54. The summed E-state index contributed by atoms with van der Waals surface area (Å²) in [5.74, 6) is -0.233. The van der Waals surface area contributed by atoms with Crippen LogP contribution in [-0.2, 0) is 6.18 Å². The highest BCUT2D eigenvalue weighted by Crippen LogP contribution is 2.37. The number of halogens is 3. The molecule has 0 saturated carbocycles. The molecule has 1 aliphatic heterocycles. The average molecular weight is 231 g/mol. The minimum Gasteiger partial charge on any atom is -0.314 e. The summed E-state index contributed by atoms with van der Waals surface area (Å²) >= 11 is 0. The smallest absolute Gasteiger partial charge is 0.314 e. The number of benzene rings is 1. The molecule has 1 saturated heterocycles. The molecule has 1 aromatic carbocycles. The van der Waals surface area contributed by atoms with Crippen molar-refractivity contribution in [1.29, 1.82) is 0 Å². The molecule has 1 heterocycles. The number of nitrogens with zero attached hydrogens (tertiary/aromatic N) is 1. The van der Waals surface area contributed by atoms with E-state index in [-0.39, 0.29) is 18.0 Å². The zero-order chi connectivity index (χ0) is 11.8. The van der Waals surface area contributed by atoms with Crippen molar-refractivity contribution in [3.05, 3.63) is 35.4 Å². The first kappa shape index (κ1) is 11.4. The van der Waals surface area contributed by atoms with E-state index in [1.54, 1.807) is 6.07 Å². The van der Waals surface area contributed by atoms with Crippen LogP contribution < -0.4 is 0 Å². The molecule has 0 spiro atoms. The van der Waals surface area contributed by atoms with Gasteiger partial charge in [-0.05, 0) is 18.1 Å². The third-order valence-electron chi connectivity index (χ3n) is 2.87. The molecule has 0 radical (unpaired) electrons. The Balaban J connectivity index is 2.34. The van der Waals surface area contributed by atoms with E-state index in [4.69, 9.17) is 0 Å². The summed E-state index contributed by atoms with van der Waals surface area (Å²) in [5, 5.41) is 10.3. The van der Waals surface area contributed by atoms with Gasteiger partial charge in [0, 0.05) is 19.0 Å². The van der Waals surface area contributed by atoms with Crippen LogP contribution in [0.4, 0.5) is 13.2 Å². The summed E-state index contributed by atoms with van der Waals surface area (Å²) in [6, 6.07) is 5.57. The molecule has 0 aromatic heterocycles. The summed E-state index contributed by atoms with van der Waals surface area (Å²) in [4.78, 5) is 0. The van der Waals surface area contributed by atoms with Crippen LogP contribution in [0.1, 0.15) is 23.5 Å². The van der Waals surface area contributed by atoms with Gasteiger partial charge in [-0.15, -0.1) is 0 Å². The minimum atomic E-state index is -4.32. The number of alkyl halides is 3. The maximum Gasteiger partial charge on any atom is 0.416 e. The second-order valence-corrected chi connectivity index (χ2v) is 3.98. The van der Waals surface area contributed by atoms with Crippen molar-refractivity contribution >= 4 is 0 Å². The van der Waals surface area contributed by atoms with E-state index in [0.717, 1.165) is 11.1 Å². The first-order chi connectivity index (χ1) is 7.48. The Morgan fingerprint density at radius 2 is 1.94 bits per heavy atom. The number of rotatable bonds is 1. The molecule has 0 aliphatic carbocycles. The highest BCUT2D eigenvalue weighted by Gasteiger charge is 2.36. The van der Waals surface area contributed by atoms with Gasteiger partial charge in [-0.3, -0.25) is 0 Å². The quantitative estimate of drug-likeness (QED) is 0.803. The zero-order valence-corrected chi connectivity index (χ0v) is 8.54. The first-order valence-corrected chi connectivity index (χ1v) is 5.08. The van der Waals surface area contributed by atoms with Gasteiger partial charge in [-0.1, -0.05) is 18.2 Å². The molecule has 2 nitrogen and oxygen atoms in total. The second-order valence-electron chi connectivity index (χ2n) is 3.98. The standard InChI is InChI=1S/C11H12F3NO/c12-11(13,14)10-4-2-1-3-9(10)8-5-6-15(16)7-8/h1-4,8,16H,5-7H2. The highest BCUT2D eigenvalue weighted by atomic mass is 19.4. The SMILES string of the molecule is ON1CCC(c2ccccc2C(F)(F)F)C1. The van der Waals surface area contributed by atoms with E-state index >= 15 is 0 Å². The largest absolute Gasteiger partial charge is 0.416 e. The monoisotopic (exact) mass is 231 g/mol. The van der Waals surface area contributed by atoms with Crippen molar-refractivity contribution in [1.82, 2.24) is 5.06 Å². The predicted molar refractivity (Wildman–Crippen MR) is 52.2 cm³/mol. The molecule has 16 heavy (non-hydrogen) atoms. The van der Waals surface area contributed by atoms with Gasteiger partial charge in [0.2, 0.25) is 0 Å². The number of hydrogen-bond acceptors (Lipinski definition) is 2. The minimum absolute atomic E-state index is 0.233. The van der Waals surface area contributed by atoms with Crippen LogP contribution in [0.25, 0.3) is 0 Å². The van der Waals surface area contributed by atoms with Crippen LogP contribution in [0, 0.1) is 0 Å². The maximum atomic E-state index is 12.7. The average Bonchev–Trinajstić information content (AvgIpc) is 2.64. The molecule has 1 fully saturated rings. The number of hydrogen-bond donors (Lipinski definition) is 1. The van der Waals surface area contributed by atoms with E-state index in [2.05, 4.69) is 0 Å². The molecule has 1 N–H and O–H groups in total. The molecule has 88 valence electrons. The molecule has 1 aromatic rings. The molecule has 2 rings (SSSR count). The van der Waals surface area contributed by atoms with Crippen LogP contribution in [0.3, 0.4) is 0 Å². The Bertz CT molecular complexity index is 378. The molecule has 1 aliphatic rings. The van der Waals surface area contributed by atoms with Gasteiger partial charge < -0.3 is 5.21 Å². The third-order valence-corrected chi connectivity index (χ3v) is 2.87. The van der Waals surface area contributed by atoms with E-state index in [1.807, 2.05) is 0 Å². The van der Waals surface area contributed by atoms with E-state index < -0.39 is 11.7 Å². The van der Waals surface area contributed by atoms with Gasteiger partial charge in [0.25, 0.3) is 0 Å². The lowest BCUT2D eigenvalue weighted by Gasteiger charge is -2.17. The Kier molecular flexibility index (Phi) is 2.90. The van der Waals surface area contributed by atoms with Crippen LogP contribution in [0.5, 0.6) is 0 Å². The normalized spacial score (nSPS) is 22.6. The van der Waals surface area contributed by atoms with Crippen molar-refractivity contribution in [2.24, 2.45) is 0 Å². The van der Waals surface area contributed by atoms with Gasteiger partial charge in [0.15, 0.2) is 0 Å². The van der Waals surface area contributed by atoms with Crippen molar-refractivity contribution in [2.45, 2.75) is 18.5 Å². The van der Waals surface area contributed by atoms with E-state index in [0.29, 0.717) is 13.0 Å². The van der Waals surface area contributed by atoms with E-state index in [1.165, 1.54) is 12.1 Å². The van der Waals surface area contributed by atoms with Gasteiger partial charge in [-0.25, -0.2) is 0 Å². The Morgan fingerprint density at radius 3 is 2.50 bits per heavy atom. The summed E-state index contributed by atoms with van der Waals surface area (Å²) in [6.07, 6.45) is -3.76. The summed E-state index contributed by atoms with van der Waals surface area (Å²) < 4.78 is 38.2. The molecule has 1 unspecified atom stereocenters. The summed E-state index contributed by atoms with van der Waals surface area (Å²) in [6.45, 7) is 0.698. The molecule has 0 amide bonds. The molecule has 5 heteroatoms. The topological polar surface area (TPSA) is 23.5 Å². The molecular formula is C11H12F3NO. The molecule has 1 atom stereocenters. The van der Waals surface area contributed by atoms with Crippen molar-refractivity contribution in [3.63, 3.8) is 0 Å². The fourth-order valence-corrected chi connectivity index (χ4v) is 2.11. The number of hydroxylamine groups is 2. The van der Waals surface area contributed by atoms with Crippen LogP contribution >= 0.6 is 0 Å². The highest BCUT2D eigenvalue weighted by molar-refractivity contribution is 5.33. The fraction of sp³-hybridized carbons (Fsp3) is 0.455. The van der Waals surface area contributed by atoms with E-state index in [9.17, 15) is 18.4 Å². The van der Waals surface area contributed by atoms with Crippen LogP contribution in [-0.4, -0.2) is 23.4 Å². The molecular weight excluding hydrogens is 219 g/mol. The van der Waals surface area contributed by atoms with Gasteiger partial charge in [-0.2, -0.15) is 18.2 Å². The lowest BCUT2D eigenvalue weighted by Crippen LogP contribution is -2.16. The Hall–Kier alpha value is -1.07. The Labute approximate surface area is 91.3 Å². The third kappa shape index (κ3) is 2.20. The lowest BCUT2D eigenvalue weighted by atomic mass is 9.93. The van der Waals surface area contributed by atoms with Gasteiger partial charge >= 0.3 is 6.18 Å². The van der Waals surface area contributed by atoms with Gasteiger partial charge in [0.05, 0.1) is 5.56 Å². The predicted octanol–water partition coefficient (Wildman–Crippen LogP) is 2.88. The summed E-state index contributed by atoms with van der Waals surface area (Å²) in [5.41, 5.74) is -0.304. The lowest BCUT2D eigenvalue weighted by molar-refractivity contribution is -0.138. The maximum absolute atomic E-state index is 12.7. The van der Waals surface area contributed by atoms with Crippen molar-refractivity contribution in [2.75, 3.05) is 13.1 Å². The Morgan fingerprint density at radius 1 is 1.25 bits per heavy atom. The summed E-state index contributed by atoms with van der Waals surface area (Å²) in [7, 11) is 0. The van der Waals surface area contributed by atoms with Crippen molar-refractivity contribution in [3.8, 4) is 0 Å². The molecule has 0 bridgehead atoms. The van der Waals surface area contributed by atoms with Crippen LogP contribution in [0.15, 0.2) is 24.3 Å². The van der Waals surface area contributed by atoms with Crippen LogP contribution in [0.2, 0.25) is 0 Å². The second kappa shape index (κ2) is 4.07. The first-order valence-electron chi connectivity index (χ1n) is 5.08.